The standard InChI is InChI=1S/C52H44N4O11/c1-29(2)45(57)27-65-51(63)41-21-19-39(25-43(41)49(61)53-6)67-40-20-22-42(52(64)66-28-46(58)30(3)4)44(26-40)50(62)54-36-15-11-33(12-16-36)48(60)56-38-18-14-34-23-37(17-13-35(34)24-38)55-47(59)32-9-7-31(5)8-10-32/h7-26H,1,3,27-28H2,2,4-6H3,(H,53,61)(H,54,62)(H,55,59)(H,56,60). The largest absolute Gasteiger partial charge is 0.457 e. The van der Waals surface area contributed by atoms with Crippen LogP contribution in [0.2, 0.25) is 0 Å². The molecule has 0 fully saturated rings. The molecular weight excluding hydrogens is 857 g/mol. The number of Topliss-reactive ketones (excluding diaryl/α,β-unsaturated/α-hetero) is 2. The molecule has 0 heterocycles. The van der Waals surface area contributed by atoms with Crippen molar-refractivity contribution in [3.63, 3.8) is 0 Å². The predicted octanol–water partition coefficient (Wildman–Crippen LogP) is 8.66. The highest BCUT2D eigenvalue weighted by Crippen LogP contribution is 2.29. The Labute approximate surface area is 384 Å². The van der Waals surface area contributed by atoms with Gasteiger partial charge in [0, 0.05) is 35.2 Å². The van der Waals surface area contributed by atoms with Gasteiger partial charge in [-0.1, -0.05) is 43.0 Å². The maximum Gasteiger partial charge on any atom is 0.339 e. The third-order valence-corrected chi connectivity index (χ3v) is 10.1. The first-order valence-corrected chi connectivity index (χ1v) is 20.5. The van der Waals surface area contributed by atoms with E-state index >= 15 is 0 Å². The van der Waals surface area contributed by atoms with E-state index in [0.717, 1.165) is 16.3 Å². The third kappa shape index (κ3) is 12.2. The first-order chi connectivity index (χ1) is 32.0. The van der Waals surface area contributed by atoms with Crippen LogP contribution in [0.1, 0.15) is 81.6 Å². The van der Waals surface area contributed by atoms with Gasteiger partial charge in [0.15, 0.2) is 24.8 Å². The second kappa shape index (κ2) is 21.1. The van der Waals surface area contributed by atoms with Crippen LogP contribution in [0, 0.1) is 6.92 Å². The van der Waals surface area contributed by atoms with Crippen molar-refractivity contribution in [2.24, 2.45) is 0 Å². The Hall–Kier alpha value is -8.98. The van der Waals surface area contributed by atoms with Gasteiger partial charge < -0.3 is 35.5 Å². The van der Waals surface area contributed by atoms with Crippen molar-refractivity contribution in [1.29, 1.82) is 0 Å². The van der Waals surface area contributed by atoms with Gasteiger partial charge in [-0.3, -0.25) is 28.8 Å². The zero-order valence-corrected chi connectivity index (χ0v) is 36.9. The highest BCUT2D eigenvalue weighted by Gasteiger charge is 2.23. The Kier molecular flexibility index (Phi) is 15.0. The summed E-state index contributed by atoms with van der Waals surface area (Å²) in [4.78, 5) is 103. The summed E-state index contributed by atoms with van der Waals surface area (Å²) in [6.07, 6.45) is 0. The van der Waals surface area contributed by atoms with Crippen LogP contribution in [0.4, 0.5) is 17.1 Å². The number of fused-ring (bicyclic) bond motifs is 1. The van der Waals surface area contributed by atoms with E-state index in [0.29, 0.717) is 16.9 Å². The van der Waals surface area contributed by atoms with Crippen molar-refractivity contribution in [2.45, 2.75) is 20.8 Å². The molecule has 0 unspecified atom stereocenters. The molecule has 6 rings (SSSR count). The number of hydrogen-bond donors (Lipinski definition) is 4. The average molecular weight is 901 g/mol. The summed E-state index contributed by atoms with van der Waals surface area (Å²) in [5, 5.41) is 12.6. The number of ketones is 2. The molecule has 67 heavy (non-hydrogen) atoms. The number of esters is 2. The molecule has 6 aromatic carbocycles. The fraction of sp³-hybridized carbons (Fsp3) is 0.115. The zero-order valence-electron chi connectivity index (χ0n) is 36.9. The minimum Gasteiger partial charge on any atom is -0.457 e. The Morgan fingerprint density at radius 2 is 0.866 bits per heavy atom. The first kappa shape index (κ1) is 47.5. The van der Waals surface area contributed by atoms with Gasteiger partial charge in [0.2, 0.25) is 0 Å². The molecule has 15 heteroatoms. The molecule has 0 aliphatic heterocycles. The molecule has 0 aliphatic carbocycles. The van der Waals surface area contributed by atoms with E-state index in [9.17, 15) is 38.4 Å². The first-order valence-electron chi connectivity index (χ1n) is 20.5. The predicted molar refractivity (Wildman–Crippen MR) is 252 cm³/mol. The quantitative estimate of drug-likeness (QED) is 0.0502. The van der Waals surface area contributed by atoms with Crippen molar-refractivity contribution in [1.82, 2.24) is 5.32 Å². The number of hydrogen-bond acceptors (Lipinski definition) is 11. The van der Waals surface area contributed by atoms with Crippen LogP contribution in [0.25, 0.3) is 10.8 Å². The van der Waals surface area contributed by atoms with Crippen LogP contribution in [0.3, 0.4) is 0 Å². The van der Waals surface area contributed by atoms with Gasteiger partial charge in [0.1, 0.15) is 11.5 Å². The van der Waals surface area contributed by atoms with Crippen LogP contribution < -0.4 is 26.0 Å². The summed E-state index contributed by atoms with van der Waals surface area (Å²) in [6, 6.07) is 31.8. The fourth-order valence-electron chi connectivity index (χ4n) is 6.26. The summed E-state index contributed by atoms with van der Waals surface area (Å²) in [7, 11) is 1.35. The second-order valence-electron chi connectivity index (χ2n) is 15.2. The Morgan fingerprint density at radius 3 is 1.30 bits per heavy atom. The van der Waals surface area contributed by atoms with Gasteiger partial charge in [0.05, 0.1) is 22.3 Å². The van der Waals surface area contributed by atoms with E-state index in [1.165, 1.54) is 81.6 Å². The SMILES string of the molecule is C=C(C)C(=O)COC(=O)c1ccc(Oc2ccc(C(=O)OCC(=O)C(=C)C)c(C(=O)Nc3ccc(C(=O)Nc4ccc5cc(NC(=O)c6ccc(C)cc6)ccc5c4)cc3)c2)cc1C(=O)NC. The van der Waals surface area contributed by atoms with Crippen LogP contribution >= 0.6 is 0 Å². The smallest absolute Gasteiger partial charge is 0.339 e. The van der Waals surface area contributed by atoms with Crippen LogP contribution in [-0.4, -0.2) is 67.4 Å². The van der Waals surface area contributed by atoms with Crippen LogP contribution in [-0.2, 0) is 19.1 Å². The molecule has 0 atom stereocenters. The fourth-order valence-corrected chi connectivity index (χ4v) is 6.26. The van der Waals surface area contributed by atoms with E-state index in [4.69, 9.17) is 14.2 Å². The molecule has 4 N–H and O–H groups in total. The Bertz CT molecular complexity index is 3010. The number of amides is 4. The summed E-state index contributed by atoms with van der Waals surface area (Å²) >= 11 is 0. The van der Waals surface area contributed by atoms with Gasteiger partial charge in [-0.15, -0.1) is 0 Å². The summed E-state index contributed by atoms with van der Waals surface area (Å²) < 4.78 is 16.3. The summed E-state index contributed by atoms with van der Waals surface area (Å²) in [6.45, 7) is 10.8. The van der Waals surface area contributed by atoms with Gasteiger partial charge in [-0.2, -0.15) is 0 Å². The molecule has 0 spiro atoms. The molecule has 6 aromatic rings. The van der Waals surface area contributed by atoms with Crippen molar-refractivity contribution >= 4 is 75.0 Å². The average Bonchev–Trinajstić information content (AvgIpc) is 3.32. The van der Waals surface area contributed by atoms with Crippen molar-refractivity contribution < 1.29 is 52.6 Å². The van der Waals surface area contributed by atoms with Crippen molar-refractivity contribution in [2.75, 3.05) is 36.2 Å². The normalized spacial score (nSPS) is 10.5. The second-order valence-corrected chi connectivity index (χ2v) is 15.2. The molecule has 15 nitrogen and oxygen atoms in total. The monoisotopic (exact) mass is 900 g/mol. The number of rotatable bonds is 17. The lowest BCUT2D eigenvalue weighted by Gasteiger charge is -2.14. The van der Waals surface area contributed by atoms with E-state index in [-0.39, 0.29) is 62.1 Å². The summed E-state index contributed by atoms with van der Waals surface area (Å²) in [5.41, 5.74) is 2.86. The maximum absolute atomic E-state index is 13.9. The number of aryl methyl sites for hydroxylation is 1. The topological polar surface area (TPSA) is 212 Å². The maximum atomic E-state index is 13.9. The van der Waals surface area contributed by atoms with E-state index in [1.54, 1.807) is 30.3 Å². The minimum atomic E-state index is -0.993. The molecule has 0 bridgehead atoms. The molecule has 338 valence electrons. The summed E-state index contributed by atoms with van der Waals surface area (Å²) in [5.74, 6) is -5.00. The lowest BCUT2D eigenvalue weighted by molar-refractivity contribution is -0.119. The molecule has 0 aromatic heterocycles. The zero-order chi connectivity index (χ0) is 48.4. The van der Waals surface area contributed by atoms with E-state index < -0.39 is 54.4 Å². The molecule has 4 amide bonds. The third-order valence-electron chi connectivity index (χ3n) is 10.1. The number of carbonyl (C=O) groups excluding carboxylic acids is 8. The van der Waals surface area contributed by atoms with Gasteiger partial charge >= 0.3 is 11.9 Å². The Balaban J connectivity index is 1.17. The number of carbonyl (C=O) groups is 8. The van der Waals surface area contributed by atoms with Gasteiger partial charge in [-0.25, -0.2) is 9.59 Å². The molecule has 0 aliphatic rings. The van der Waals surface area contributed by atoms with Gasteiger partial charge in [0.25, 0.3) is 23.6 Å². The van der Waals surface area contributed by atoms with Crippen molar-refractivity contribution in [3.05, 3.63) is 185 Å². The van der Waals surface area contributed by atoms with E-state index in [2.05, 4.69) is 34.4 Å². The number of nitrogens with one attached hydrogen (secondary N) is 4. The highest BCUT2D eigenvalue weighted by atomic mass is 16.5. The minimum absolute atomic E-state index is 0.0241. The number of anilines is 3. The van der Waals surface area contributed by atoms with Gasteiger partial charge in [-0.05, 0) is 140 Å². The molecule has 0 saturated carbocycles. The number of benzene rings is 6. The molecule has 0 radical (unpaired) electrons. The lowest BCUT2D eigenvalue weighted by atomic mass is 10.1. The Morgan fingerprint density at radius 1 is 0.463 bits per heavy atom. The van der Waals surface area contributed by atoms with Crippen molar-refractivity contribution in [3.8, 4) is 11.5 Å². The molecule has 0 saturated heterocycles. The number of ether oxygens (including phenoxy) is 3. The van der Waals surface area contributed by atoms with E-state index in [1.807, 2.05) is 37.3 Å². The van der Waals surface area contributed by atoms with Crippen LogP contribution in [0.5, 0.6) is 11.5 Å². The molecular formula is C52H44N4O11. The van der Waals surface area contributed by atoms with Crippen LogP contribution in [0.15, 0.2) is 146 Å². The lowest BCUT2D eigenvalue weighted by Crippen LogP contribution is -2.23. The highest BCUT2D eigenvalue weighted by molar-refractivity contribution is 6.12.